The van der Waals surface area contributed by atoms with Gasteiger partial charge in [0.05, 0.1) is 27.8 Å². The molecule has 0 amide bonds. The normalized spacial score (nSPS) is 11.9. The van der Waals surface area contributed by atoms with Gasteiger partial charge in [0.1, 0.15) is 0 Å². The zero-order valence-electron chi connectivity index (χ0n) is 30.3. The van der Waals surface area contributed by atoms with Crippen LogP contribution >= 0.6 is 0 Å². The van der Waals surface area contributed by atoms with E-state index in [9.17, 15) is 0 Å². The Balaban J connectivity index is 1.16. The van der Waals surface area contributed by atoms with Gasteiger partial charge in [-0.25, -0.2) is 9.97 Å². The summed E-state index contributed by atoms with van der Waals surface area (Å²) >= 11 is 0. The van der Waals surface area contributed by atoms with Crippen LogP contribution in [-0.2, 0) is 0 Å². The lowest BCUT2D eigenvalue weighted by Crippen LogP contribution is -2.06. The molecular weight excluding hydrogens is 681 g/mol. The van der Waals surface area contributed by atoms with Crippen LogP contribution in [0.4, 0.5) is 0 Å². The summed E-state index contributed by atoms with van der Waals surface area (Å²) in [5, 5.41) is 4.71. The minimum Gasteiger partial charge on any atom is -0.309 e. The van der Waals surface area contributed by atoms with Crippen molar-refractivity contribution >= 4 is 43.6 Å². The maximum Gasteiger partial charge on any atom is 0.235 e. The first kappa shape index (κ1) is 30.9. The van der Waals surface area contributed by atoms with Crippen LogP contribution in [0.15, 0.2) is 194 Å². The molecule has 0 atom stereocenters. The van der Waals surface area contributed by atoms with Crippen molar-refractivity contribution in [3.8, 4) is 67.4 Å². The molecule has 12 rings (SSSR count). The summed E-state index contributed by atoms with van der Waals surface area (Å²) in [4.78, 5) is 10.9. The first-order valence-corrected chi connectivity index (χ1v) is 19.1. The van der Waals surface area contributed by atoms with Gasteiger partial charge >= 0.3 is 0 Å². The standard InChI is InChI=1S/C52H32N4/c1-2-14-33(15-3-1)34-26-28-35(29-27-34)55-47-25-13-11-23-44(47)49-48(55)31-30-43-41-21-10-12-24-46(41)56(51(43)49)52-53-32-45-40-20-7-6-18-38(40)36-16-4-5-17-37(36)39-19-8-9-22-42(39)50(45)54-52/h1-32H. The molecule has 8 aromatic carbocycles. The van der Waals surface area contributed by atoms with Gasteiger partial charge in [0.15, 0.2) is 0 Å². The number of rotatable bonds is 3. The summed E-state index contributed by atoms with van der Waals surface area (Å²) in [6, 6.07) is 67.5. The van der Waals surface area contributed by atoms with Crippen LogP contribution < -0.4 is 0 Å². The van der Waals surface area contributed by atoms with Gasteiger partial charge in [-0.3, -0.25) is 4.57 Å². The van der Waals surface area contributed by atoms with Crippen LogP contribution in [0.2, 0.25) is 0 Å². The highest BCUT2D eigenvalue weighted by Gasteiger charge is 2.26. The second-order valence-corrected chi connectivity index (χ2v) is 14.5. The fourth-order valence-corrected chi connectivity index (χ4v) is 9.14. The smallest absolute Gasteiger partial charge is 0.235 e. The third-order valence-electron chi connectivity index (χ3n) is 11.6. The number of hydrogen-bond donors (Lipinski definition) is 0. The average molecular weight is 713 g/mol. The van der Waals surface area contributed by atoms with Crippen molar-refractivity contribution in [1.82, 2.24) is 19.1 Å². The lowest BCUT2D eigenvalue weighted by Gasteiger charge is -2.22. The third-order valence-corrected chi connectivity index (χ3v) is 11.6. The van der Waals surface area contributed by atoms with Crippen molar-refractivity contribution < 1.29 is 0 Å². The van der Waals surface area contributed by atoms with E-state index in [0.717, 1.165) is 55.7 Å². The molecule has 0 saturated carbocycles. The maximum atomic E-state index is 5.61. The third kappa shape index (κ3) is 4.41. The highest BCUT2D eigenvalue weighted by molar-refractivity contribution is 6.26. The Morgan fingerprint density at radius 2 is 0.857 bits per heavy atom. The first-order valence-electron chi connectivity index (χ1n) is 19.1. The number of para-hydroxylation sites is 2. The Labute approximate surface area is 323 Å². The van der Waals surface area contributed by atoms with Crippen LogP contribution in [-0.4, -0.2) is 19.1 Å². The largest absolute Gasteiger partial charge is 0.309 e. The van der Waals surface area contributed by atoms with E-state index < -0.39 is 0 Å². The molecule has 56 heavy (non-hydrogen) atoms. The minimum absolute atomic E-state index is 0.646. The summed E-state index contributed by atoms with van der Waals surface area (Å²) in [5.74, 6) is 0.646. The van der Waals surface area contributed by atoms with E-state index >= 15 is 0 Å². The summed E-state index contributed by atoms with van der Waals surface area (Å²) in [6.45, 7) is 0. The molecule has 3 heterocycles. The first-order chi connectivity index (χ1) is 27.8. The fraction of sp³-hybridized carbons (Fsp3) is 0. The van der Waals surface area contributed by atoms with Crippen LogP contribution in [0, 0.1) is 0 Å². The van der Waals surface area contributed by atoms with E-state index in [-0.39, 0.29) is 0 Å². The second-order valence-electron chi connectivity index (χ2n) is 14.5. The Morgan fingerprint density at radius 3 is 1.54 bits per heavy atom. The number of benzene rings is 8. The van der Waals surface area contributed by atoms with E-state index in [0.29, 0.717) is 5.95 Å². The maximum absolute atomic E-state index is 5.61. The van der Waals surface area contributed by atoms with E-state index in [1.165, 1.54) is 49.4 Å². The van der Waals surface area contributed by atoms with Gasteiger partial charge in [-0.15, -0.1) is 0 Å². The van der Waals surface area contributed by atoms with Gasteiger partial charge in [-0.05, 0) is 69.3 Å². The molecule has 0 spiro atoms. The molecule has 0 N–H and O–H groups in total. The van der Waals surface area contributed by atoms with Crippen molar-refractivity contribution in [3.63, 3.8) is 0 Å². The van der Waals surface area contributed by atoms with Crippen molar-refractivity contribution in [1.29, 1.82) is 0 Å². The summed E-state index contributed by atoms with van der Waals surface area (Å²) < 4.78 is 4.69. The Bertz CT molecular complexity index is 3350. The molecule has 0 unspecified atom stereocenters. The lowest BCUT2D eigenvalue weighted by molar-refractivity contribution is 0.996. The fourth-order valence-electron chi connectivity index (χ4n) is 9.14. The van der Waals surface area contributed by atoms with Gasteiger partial charge in [0.2, 0.25) is 5.95 Å². The molecular formula is C52H32N4. The van der Waals surface area contributed by atoms with Gasteiger partial charge in [-0.1, -0.05) is 158 Å². The monoisotopic (exact) mass is 712 g/mol. The van der Waals surface area contributed by atoms with Crippen LogP contribution in [0.3, 0.4) is 0 Å². The SMILES string of the molecule is c1ccc(-c2ccc(-n3c4ccccc4c4c3ccc3c5ccccc5n(-c5ncc6c(n5)-c5ccccc5-c5ccccc5-c5ccccc5-6)c34)cc2)cc1. The van der Waals surface area contributed by atoms with Crippen molar-refractivity contribution in [2.75, 3.05) is 0 Å². The molecule has 11 aromatic rings. The molecule has 0 bridgehead atoms. The molecule has 1 aliphatic carbocycles. The van der Waals surface area contributed by atoms with E-state index in [4.69, 9.17) is 9.97 Å². The molecule has 4 heteroatoms. The van der Waals surface area contributed by atoms with Crippen LogP contribution in [0.1, 0.15) is 0 Å². The predicted octanol–water partition coefficient (Wildman–Crippen LogP) is 13.3. The van der Waals surface area contributed by atoms with Crippen molar-refractivity contribution in [2.24, 2.45) is 0 Å². The number of aromatic nitrogens is 4. The Morgan fingerprint density at radius 1 is 0.339 bits per heavy atom. The lowest BCUT2D eigenvalue weighted by atomic mass is 9.83. The van der Waals surface area contributed by atoms with E-state index in [1.54, 1.807) is 0 Å². The molecule has 4 nitrogen and oxygen atoms in total. The summed E-state index contributed by atoms with van der Waals surface area (Å²) in [6.07, 6.45) is 2.04. The van der Waals surface area contributed by atoms with Crippen LogP contribution in [0.5, 0.6) is 0 Å². The molecule has 0 saturated heterocycles. The van der Waals surface area contributed by atoms with Gasteiger partial charge in [-0.2, -0.15) is 0 Å². The zero-order chi connectivity index (χ0) is 36.7. The summed E-state index contributed by atoms with van der Waals surface area (Å²) in [7, 11) is 0. The molecule has 3 aromatic heterocycles. The highest BCUT2D eigenvalue weighted by atomic mass is 15.2. The molecule has 0 radical (unpaired) electrons. The molecule has 1 aliphatic rings. The van der Waals surface area contributed by atoms with E-state index in [1.807, 2.05) is 6.20 Å². The minimum atomic E-state index is 0.646. The second kappa shape index (κ2) is 12.0. The number of fused-ring (bicyclic) bond motifs is 15. The van der Waals surface area contributed by atoms with Gasteiger partial charge in [0.25, 0.3) is 0 Å². The topological polar surface area (TPSA) is 35.6 Å². The number of hydrogen-bond acceptors (Lipinski definition) is 2. The average Bonchev–Trinajstić information content (AvgIpc) is 3.79. The highest BCUT2D eigenvalue weighted by Crippen LogP contribution is 2.48. The van der Waals surface area contributed by atoms with Crippen LogP contribution in [0.25, 0.3) is 111 Å². The van der Waals surface area contributed by atoms with Crippen molar-refractivity contribution in [2.45, 2.75) is 0 Å². The van der Waals surface area contributed by atoms with Gasteiger partial charge in [0, 0.05) is 44.6 Å². The Kier molecular flexibility index (Phi) is 6.60. The van der Waals surface area contributed by atoms with Gasteiger partial charge < -0.3 is 4.57 Å². The number of nitrogens with zero attached hydrogens (tertiary/aromatic N) is 4. The zero-order valence-corrected chi connectivity index (χ0v) is 30.3. The quantitative estimate of drug-likeness (QED) is 0.183. The van der Waals surface area contributed by atoms with Crippen molar-refractivity contribution in [3.05, 3.63) is 194 Å². The predicted molar refractivity (Wildman–Crippen MR) is 231 cm³/mol. The Hall–Kier alpha value is -7.56. The molecule has 0 fully saturated rings. The van der Waals surface area contributed by atoms with E-state index in [2.05, 4.69) is 197 Å². The molecule has 0 aliphatic heterocycles. The summed E-state index contributed by atoms with van der Waals surface area (Å²) in [5.41, 5.74) is 16.9. The molecule has 260 valence electrons.